The van der Waals surface area contributed by atoms with Crippen LogP contribution in [0.1, 0.15) is 11.1 Å². The molecule has 0 aliphatic heterocycles. The summed E-state index contributed by atoms with van der Waals surface area (Å²) >= 11 is 5.94. The molecule has 0 saturated carbocycles. The van der Waals surface area contributed by atoms with E-state index in [0.29, 0.717) is 11.6 Å². The van der Waals surface area contributed by atoms with Crippen LogP contribution in [0.25, 0.3) is 0 Å². The van der Waals surface area contributed by atoms with Crippen LogP contribution in [-0.4, -0.2) is 11.7 Å². The van der Waals surface area contributed by atoms with Crippen LogP contribution in [0.15, 0.2) is 42.5 Å². The molecule has 0 aromatic heterocycles. The van der Waals surface area contributed by atoms with Crippen molar-refractivity contribution in [2.75, 3.05) is 6.54 Å². The number of benzene rings is 2. The summed E-state index contributed by atoms with van der Waals surface area (Å²) in [5.41, 5.74) is 2.03. The number of hydrogen-bond acceptors (Lipinski definition) is 2. The minimum Gasteiger partial charge on any atom is -0.508 e. The summed E-state index contributed by atoms with van der Waals surface area (Å²) < 4.78 is 12.9. The highest BCUT2D eigenvalue weighted by Gasteiger charge is 2.01. The highest BCUT2D eigenvalue weighted by atomic mass is 35.5. The van der Waals surface area contributed by atoms with Gasteiger partial charge in [0.2, 0.25) is 0 Å². The normalized spacial score (nSPS) is 10.6. The Morgan fingerprint density at radius 1 is 1.11 bits per heavy atom. The van der Waals surface area contributed by atoms with Gasteiger partial charge in [0.1, 0.15) is 11.6 Å². The molecule has 2 aromatic rings. The number of phenols is 1. The quantitative estimate of drug-likeness (QED) is 0.821. The van der Waals surface area contributed by atoms with Gasteiger partial charge in [-0.2, -0.15) is 0 Å². The van der Waals surface area contributed by atoms with E-state index in [1.54, 1.807) is 18.2 Å². The Balaban J connectivity index is 1.79. The van der Waals surface area contributed by atoms with Crippen molar-refractivity contribution in [3.63, 3.8) is 0 Å². The van der Waals surface area contributed by atoms with Gasteiger partial charge >= 0.3 is 0 Å². The molecule has 0 heterocycles. The van der Waals surface area contributed by atoms with Crippen molar-refractivity contribution in [3.8, 4) is 5.75 Å². The molecular formula is C15H15ClFNO. The maximum Gasteiger partial charge on any atom is 0.124 e. The summed E-state index contributed by atoms with van der Waals surface area (Å²) in [6.07, 6.45) is 0.860. The number of halogens is 2. The van der Waals surface area contributed by atoms with Crippen LogP contribution in [0.5, 0.6) is 5.75 Å². The van der Waals surface area contributed by atoms with Crippen molar-refractivity contribution < 1.29 is 9.50 Å². The van der Waals surface area contributed by atoms with Crippen molar-refractivity contribution in [2.24, 2.45) is 0 Å². The number of aromatic hydroxyl groups is 1. The van der Waals surface area contributed by atoms with Gasteiger partial charge in [-0.1, -0.05) is 29.8 Å². The molecule has 19 heavy (non-hydrogen) atoms. The molecule has 2 rings (SSSR count). The zero-order valence-corrected chi connectivity index (χ0v) is 11.1. The molecule has 0 unspecified atom stereocenters. The second-order valence-corrected chi connectivity index (χ2v) is 4.74. The molecule has 2 N–H and O–H groups in total. The first-order valence-electron chi connectivity index (χ1n) is 6.08. The average Bonchev–Trinajstić information content (AvgIpc) is 2.39. The molecule has 0 saturated heterocycles. The van der Waals surface area contributed by atoms with Gasteiger partial charge in [0, 0.05) is 11.6 Å². The van der Waals surface area contributed by atoms with Crippen molar-refractivity contribution >= 4 is 11.6 Å². The molecule has 0 bridgehead atoms. The maximum absolute atomic E-state index is 12.9. The fourth-order valence-corrected chi connectivity index (χ4v) is 2.02. The summed E-state index contributed by atoms with van der Waals surface area (Å²) in [5, 5.41) is 12.9. The van der Waals surface area contributed by atoms with Gasteiger partial charge in [-0.05, 0) is 48.4 Å². The number of rotatable bonds is 5. The largest absolute Gasteiger partial charge is 0.508 e. The number of nitrogens with one attached hydrogen (secondary N) is 1. The second kappa shape index (κ2) is 6.55. The predicted molar refractivity (Wildman–Crippen MR) is 74.9 cm³/mol. The summed E-state index contributed by atoms with van der Waals surface area (Å²) in [6, 6.07) is 11.5. The van der Waals surface area contributed by atoms with E-state index in [9.17, 15) is 4.39 Å². The lowest BCUT2D eigenvalue weighted by Gasteiger charge is -2.07. The SMILES string of the molecule is Oc1ccc(CCNCc2ccc(F)cc2Cl)cc1. The van der Waals surface area contributed by atoms with Crippen LogP contribution in [-0.2, 0) is 13.0 Å². The van der Waals surface area contributed by atoms with Crippen LogP contribution in [0.4, 0.5) is 4.39 Å². The monoisotopic (exact) mass is 279 g/mol. The van der Waals surface area contributed by atoms with Gasteiger partial charge in [-0.15, -0.1) is 0 Å². The first-order chi connectivity index (χ1) is 9.15. The molecule has 100 valence electrons. The van der Waals surface area contributed by atoms with E-state index < -0.39 is 0 Å². The van der Waals surface area contributed by atoms with Crippen molar-refractivity contribution in [3.05, 3.63) is 64.4 Å². The van der Waals surface area contributed by atoms with Crippen LogP contribution in [0, 0.1) is 5.82 Å². The van der Waals surface area contributed by atoms with E-state index in [-0.39, 0.29) is 11.6 Å². The first kappa shape index (κ1) is 13.8. The smallest absolute Gasteiger partial charge is 0.124 e. The Hall–Kier alpha value is -1.58. The Labute approximate surface area is 116 Å². The Morgan fingerprint density at radius 2 is 1.84 bits per heavy atom. The summed E-state index contributed by atoms with van der Waals surface area (Å²) in [7, 11) is 0. The zero-order valence-electron chi connectivity index (χ0n) is 10.4. The molecule has 0 spiro atoms. The van der Waals surface area contributed by atoms with Crippen LogP contribution < -0.4 is 5.32 Å². The van der Waals surface area contributed by atoms with Gasteiger partial charge in [0.15, 0.2) is 0 Å². The number of hydrogen-bond donors (Lipinski definition) is 2. The molecule has 0 fully saturated rings. The van der Waals surface area contributed by atoms with Gasteiger partial charge in [0.25, 0.3) is 0 Å². The van der Waals surface area contributed by atoms with E-state index in [2.05, 4.69) is 5.32 Å². The third-order valence-electron chi connectivity index (χ3n) is 2.86. The lowest BCUT2D eigenvalue weighted by Crippen LogP contribution is -2.16. The molecule has 4 heteroatoms. The minimum absolute atomic E-state index is 0.273. The lowest BCUT2D eigenvalue weighted by atomic mass is 10.1. The average molecular weight is 280 g/mol. The minimum atomic E-state index is -0.321. The van der Waals surface area contributed by atoms with Crippen molar-refractivity contribution in [2.45, 2.75) is 13.0 Å². The van der Waals surface area contributed by atoms with Gasteiger partial charge < -0.3 is 10.4 Å². The molecule has 2 aromatic carbocycles. The van der Waals surface area contributed by atoms with Crippen LogP contribution in [0.2, 0.25) is 5.02 Å². The van der Waals surface area contributed by atoms with Crippen molar-refractivity contribution in [1.82, 2.24) is 5.32 Å². The fourth-order valence-electron chi connectivity index (χ4n) is 1.78. The van der Waals surface area contributed by atoms with Gasteiger partial charge in [0.05, 0.1) is 0 Å². The van der Waals surface area contributed by atoms with E-state index >= 15 is 0 Å². The third-order valence-corrected chi connectivity index (χ3v) is 3.21. The lowest BCUT2D eigenvalue weighted by molar-refractivity contribution is 0.475. The second-order valence-electron chi connectivity index (χ2n) is 4.33. The molecule has 0 atom stereocenters. The van der Waals surface area contributed by atoms with Gasteiger partial charge in [-0.25, -0.2) is 4.39 Å². The molecule has 0 amide bonds. The molecular weight excluding hydrogens is 265 g/mol. The Morgan fingerprint density at radius 3 is 2.53 bits per heavy atom. The molecule has 0 aliphatic rings. The molecule has 2 nitrogen and oxygen atoms in total. The Kier molecular flexibility index (Phi) is 4.77. The summed E-state index contributed by atoms with van der Waals surface area (Å²) in [6.45, 7) is 1.40. The maximum atomic E-state index is 12.9. The van der Waals surface area contributed by atoms with E-state index in [4.69, 9.17) is 16.7 Å². The van der Waals surface area contributed by atoms with Crippen molar-refractivity contribution in [1.29, 1.82) is 0 Å². The highest BCUT2D eigenvalue weighted by Crippen LogP contribution is 2.16. The zero-order chi connectivity index (χ0) is 13.7. The predicted octanol–water partition coefficient (Wildman–Crippen LogP) is 3.52. The Bertz CT molecular complexity index is 542. The fraction of sp³-hybridized carbons (Fsp3) is 0.200. The molecule has 0 radical (unpaired) electrons. The first-order valence-corrected chi connectivity index (χ1v) is 6.45. The third kappa shape index (κ3) is 4.23. The topological polar surface area (TPSA) is 32.3 Å². The summed E-state index contributed by atoms with van der Waals surface area (Å²) in [4.78, 5) is 0. The number of phenolic OH excluding ortho intramolecular Hbond substituents is 1. The van der Waals surface area contributed by atoms with Gasteiger partial charge in [-0.3, -0.25) is 0 Å². The van der Waals surface area contributed by atoms with Crippen LogP contribution in [0.3, 0.4) is 0 Å². The standard InChI is InChI=1S/C15H15ClFNO/c16-15-9-13(17)4-3-12(15)10-18-8-7-11-1-5-14(19)6-2-11/h1-6,9,18-19H,7-8,10H2. The van der Waals surface area contributed by atoms with E-state index in [0.717, 1.165) is 24.1 Å². The molecule has 0 aliphatic carbocycles. The summed E-state index contributed by atoms with van der Waals surface area (Å²) in [5.74, 6) is -0.0485. The highest BCUT2D eigenvalue weighted by molar-refractivity contribution is 6.31. The van der Waals surface area contributed by atoms with E-state index in [1.165, 1.54) is 12.1 Å². The van der Waals surface area contributed by atoms with E-state index in [1.807, 2.05) is 12.1 Å². The van der Waals surface area contributed by atoms with Crippen LogP contribution >= 0.6 is 11.6 Å².